The molecule has 0 saturated carbocycles. The highest BCUT2D eigenvalue weighted by Crippen LogP contribution is 2.38. The zero-order valence-corrected chi connectivity index (χ0v) is 25.3. The summed E-state index contributed by atoms with van der Waals surface area (Å²) in [7, 11) is 0. The first kappa shape index (κ1) is 28.7. The number of β-amino-alcohol motifs (C(OH)–C–C–N with tert-alkyl or cyclic N) is 1. The number of aromatic amines is 1. The lowest BCUT2D eigenvalue weighted by Crippen LogP contribution is -2.32. The highest BCUT2D eigenvalue weighted by atomic mass is 32.1. The first-order chi connectivity index (χ1) is 20.1. The lowest BCUT2D eigenvalue weighted by molar-refractivity contribution is 0.0931. The third-order valence-electron chi connectivity index (χ3n) is 8.88. The van der Waals surface area contributed by atoms with Crippen LogP contribution >= 0.6 is 11.3 Å². The van der Waals surface area contributed by atoms with E-state index in [0.717, 1.165) is 71.5 Å². The number of hydrogen-bond donors (Lipinski definition) is 3. The molecule has 6 rings (SSSR count). The second-order valence-corrected chi connectivity index (χ2v) is 13.8. The van der Waals surface area contributed by atoms with Crippen LogP contribution in [-0.2, 0) is 12.8 Å². The van der Waals surface area contributed by atoms with Gasteiger partial charge in [0.2, 0.25) is 5.56 Å². The van der Waals surface area contributed by atoms with Crippen molar-refractivity contribution in [3.8, 4) is 11.1 Å². The number of aryl methyl sites for hydroxylation is 1. The monoisotopic (exact) mass is 585 g/mol. The lowest BCUT2D eigenvalue weighted by Gasteiger charge is -2.34. The summed E-state index contributed by atoms with van der Waals surface area (Å²) < 4.78 is 0. The van der Waals surface area contributed by atoms with Crippen LogP contribution in [0.1, 0.15) is 72.7 Å². The number of nitrogens with zero attached hydrogens (tertiary/aromatic N) is 3. The zero-order chi connectivity index (χ0) is 29.4. The maximum absolute atomic E-state index is 13.6. The number of thiazole rings is 1. The molecular formula is C33H39N5O3S. The fourth-order valence-electron chi connectivity index (χ4n) is 6.22. The van der Waals surface area contributed by atoms with E-state index < -0.39 is 0 Å². The van der Waals surface area contributed by atoms with Crippen molar-refractivity contribution in [2.24, 2.45) is 11.3 Å². The third kappa shape index (κ3) is 6.33. The van der Waals surface area contributed by atoms with Gasteiger partial charge in [0, 0.05) is 37.6 Å². The quantitative estimate of drug-likeness (QED) is 0.278. The molecule has 0 bridgehead atoms. The van der Waals surface area contributed by atoms with E-state index >= 15 is 0 Å². The van der Waals surface area contributed by atoms with Crippen molar-refractivity contribution in [3.05, 3.63) is 80.8 Å². The van der Waals surface area contributed by atoms with E-state index in [9.17, 15) is 14.7 Å². The molecule has 2 unspecified atom stereocenters. The van der Waals surface area contributed by atoms with E-state index in [-0.39, 0.29) is 29.0 Å². The molecule has 1 saturated heterocycles. The molecule has 4 aromatic rings. The first-order valence-electron chi connectivity index (χ1n) is 14.9. The molecule has 1 fully saturated rings. The summed E-state index contributed by atoms with van der Waals surface area (Å²) in [5.74, 6) is 0.415. The number of amides is 1. The van der Waals surface area contributed by atoms with E-state index in [0.29, 0.717) is 23.9 Å². The minimum Gasteiger partial charge on any atom is -0.392 e. The van der Waals surface area contributed by atoms with Gasteiger partial charge >= 0.3 is 0 Å². The molecule has 0 radical (unpaired) electrons. The molecule has 3 atom stereocenters. The molecule has 2 aliphatic rings. The van der Waals surface area contributed by atoms with Gasteiger partial charge in [0.25, 0.3) is 5.91 Å². The third-order valence-corrected chi connectivity index (χ3v) is 9.85. The highest BCUT2D eigenvalue weighted by molar-refractivity contribution is 7.19. The second-order valence-electron chi connectivity index (χ2n) is 12.9. The van der Waals surface area contributed by atoms with Crippen LogP contribution in [0.2, 0.25) is 0 Å². The largest absolute Gasteiger partial charge is 0.392 e. The summed E-state index contributed by atoms with van der Waals surface area (Å²) in [5.41, 5.74) is 6.23. The Morgan fingerprint density at radius 1 is 1.14 bits per heavy atom. The molecule has 1 aliphatic heterocycles. The van der Waals surface area contributed by atoms with Gasteiger partial charge in [0.05, 0.1) is 12.1 Å². The summed E-state index contributed by atoms with van der Waals surface area (Å²) in [6.07, 6.45) is 6.02. The minimum atomic E-state index is -0.283. The number of rotatable bonds is 7. The normalized spacial score (nSPS) is 20.0. The van der Waals surface area contributed by atoms with Crippen molar-refractivity contribution in [2.45, 2.75) is 65.0 Å². The Hall–Kier alpha value is -3.40. The topological polar surface area (TPSA) is 111 Å². The Balaban J connectivity index is 1.22. The molecule has 42 heavy (non-hydrogen) atoms. The number of likely N-dealkylation sites (tertiary alicyclic amines) is 1. The van der Waals surface area contributed by atoms with Crippen LogP contribution in [0.3, 0.4) is 0 Å². The number of aliphatic hydroxyl groups excluding tert-OH is 1. The van der Waals surface area contributed by atoms with Gasteiger partial charge in [-0.2, -0.15) is 0 Å². The van der Waals surface area contributed by atoms with Crippen molar-refractivity contribution < 1.29 is 9.90 Å². The Morgan fingerprint density at radius 3 is 2.62 bits per heavy atom. The number of carbonyl (C=O) groups is 1. The van der Waals surface area contributed by atoms with Gasteiger partial charge in [-0.25, -0.2) is 9.97 Å². The van der Waals surface area contributed by atoms with Crippen molar-refractivity contribution >= 4 is 27.6 Å². The van der Waals surface area contributed by atoms with Crippen LogP contribution in [0.25, 0.3) is 21.5 Å². The predicted octanol–water partition coefficient (Wildman–Crippen LogP) is 5.13. The number of nitrogens with one attached hydrogen (secondary N) is 2. The van der Waals surface area contributed by atoms with Crippen molar-refractivity contribution in [1.82, 2.24) is 25.2 Å². The van der Waals surface area contributed by atoms with E-state index in [1.165, 1.54) is 23.0 Å². The van der Waals surface area contributed by atoms with Crippen molar-refractivity contribution in [3.63, 3.8) is 0 Å². The Labute approximate surface area is 250 Å². The first-order valence-corrected chi connectivity index (χ1v) is 15.7. The Morgan fingerprint density at radius 2 is 1.93 bits per heavy atom. The van der Waals surface area contributed by atoms with Gasteiger partial charge in [0.1, 0.15) is 10.3 Å². The van der Waals surface area contributed by atoms with E-state index in [2.05, 4.69) is 42.0 Å². The van der Waals surface area contributed by atoms with E-state index in [4.69, 9.17) is 9.97 Å². The van der Waals surface area contributed by atoms with E-state index in [1.54, 1.807) is 12.3 Å². The van der Waals surface area contributed by atoms with Crippen molar-refractivity contribution in [2.75, 3.05) is 19.6 Å². The second kappa shape index (κ2) is 11.7. The SMILES string of the molecule is CC(C)(C)[C@H]1CCc2nc3sc(C(=O)NC(CCN4CCC(O)C4)c4ccc(-c5ccc(=O)[nH]c5)cc4)nc3cc2C1. The lowest BCUT2D eigenvalue weighted by atomic mass is 9.71. The van der Waals surface area contributed by atoms with Gasteiger partial charge in [-0.3, -0.25) is 9.59 Å². The standard InChI is InChI=1S/C33H39N5O3S/c1-33(2,3)24-9-10-26-23(16-24)17-28-31(36-26)42-32(37-28)30(41)35-27(13-15-38-14-12-25(39)19-38)21-6-4-20(5-7-21)22-8-11-29(40)34-18-22/h4-8,11,17-18,24-25,27,39H,9-10,12-16,19H2,1-3H3,(H,34,40)(H,35,41)/t24-,25?,27?/m0/s1. The van der Waals surface area contributed by atoms with Gasteiger partial charge in [-0.1, -0.05) is 56.4 Å². The molecule has 1 aliphatic carbocycles. The highest BCUT2D eigenvalue weighted by Gasteiger charge is 2.30. The smallest absolute Gasteiger partial charge is 0.280 e. The van der Waals surface area contributed by atoms with Gasteiger partial charge in [-0.15, -0.1) is 0 Å². The fraction of sp³-hybridized carbons (Fsp3) is 0.455. The molecule has 3 N–H and O–H groups in total. The maximum atomic E-state index is 13.6. The number of carbonyl (C=O) groups excluding carboxylic acids is 1. The molecule has 1 aromatic carbocycles. The van der Waals surface area contributed by atoms with Crippen LogP contribution in [0.15, 0.2) is 53.5 Å². The molecule has 1 amide bonds. The predicted molar refractivity (Wildman–Crippen MR) is 167 cm³/mol. The summed E-state index contributed by atoms with van der Waals surface area (Å²) in [6.45, 7) is 9.21. The molecule has 3 aromatic heterocycles. The number of pyridine rings is 2. The van der Waals surface area contributed by atoms with Crippen LogP contribution in [-0.4, -0.2) is 56.6 Å². The van der Waals surface area contributed by atoms with Crippen molar-refractivity contribution in [1.29, 1.82) is 0 Å². The van der Waals surface area contributed by atoms with Gasteiger partial charge < -0.3 is 20.3 Å². The molecule has 0 spiro atoms. The molecule has 9 heteroatoms. The molecule has 220 valence electrons. The number of fused-ring (bicyclic) bond motifs is 2. The molecular weight excluding hydrogens is 546 g/mol. The van der Waals surface area contributed by atoms with Gasteiger partial charge in [-0.05, 0) is 77.8 Å². The number of aromatic nitrogens is 3. The van der Waals surface area contributed by atoms with Crippen LogP contribution in [0.5, 0.6) is 0 Å². The average molecular weight is 586 g/mol. The summed E-state index contributed by atoms with van der Waals surface area (Å²) in [5, 5.41) is 13.7. The van der Waals surface area contributed by atoms with Crippen LogP contribution < -0.4 is 10.9 Å². The van der Waals surface area contributed by atoms with E-state index in [1.807, 2.05) is 24.3 Å². The van der Waals surface area contributed by atoms with Gasteiger partial charge in [0.15, 0.2) is 5.01 Å². The number of benzene rings is 1. The maximum Gasteiger partial charge on any atom is 0.280 e. The summed E-state index contributed by atoms with van der Waals surface area (Å²) in [6, 6.07) is 13.3. The number of hydrogen-bond acceptors (Lipinski definition) is 7. The van der Waals surface area contributed by atoms with Crippen LogP contribution in [0.4, 0.5) is 0 Å². The average Bonchev–Trinajstić information content (AvgIpc) is 3.59. The summed E-state index contributed by atoms with van der Waals surface area (Å²) in [4.78, 5) is 40.5. The zero-order valence-electron chi connectivity index (χ0n) is 24.5. The molecule has 4 heterocycles. The number of aliphatic hydroxyl groups is 1. The minimum absolute atomic E-state index is 0.135. The van der Waals surface area contributed by atoms with Crippen LogP contribution in [0, 0.1) is 11.3 Å². The molecule has 8 nitrogen and oxygen atoms in total. The number of H-pyrrole nitrogens is 1. The Bertz CT molecular complexity index is 1620. The summed E-state index contributed by atoms with van der Waals surface area (Å²) >= 11 is 1.36. The Kier molecular flexibility index (Phi) is 8.00. The fourth-order valence-corrected chi connectivity index (χ4v) is 7.06.